The van der Waals surface area contributed by atoms with Gasteiger partial charge in [-0.2, -0.15) is 15.4 Å². The zero-order valence-corrected chi connectivity index (χ0v) is 11.0. The summed E-state index contributed by atoms with van der Waals surface area (Å²) in [7, 11) is 0. The standard InChI is InChI=1S/C14H18N4O/c1-2-15-14(13-9-16-18-17-13)10-3-5-11(6-4-10)19-12-7-8-12/h3-6,9,12,14-15H,2,7-8H2,1H3,(H,16,17,18). The Kier molecular flexibility index (Phi) is 3.46. The quantitative estimate of drug-likeness (QED) is 0.832. The van der Waals surface area contributed by atoms with Crippen LogP contribution in [0.4, 0.5) is 0 Å². The molecular formula is C14H18N4O. The Bertz CT molecular complexity index is 505. The fourth-order valence-corrected chi connectivity index (χ4v) is 2.06. The fourth-order valence-electron chi connectivity index (χ4n) is 2.06. The molecule has 0 saturated heterocycles. The monoisotopic (exact) mass is 258 g/mol. The Morgan fingerprint density at radius 2 is 2.16 bits per heavy atom. The second-order valence-corrected chi connectivity index (χ2v) is 4.77. The minimum atomic E-state index is 0.0683. The largest absolute Gasteiger partial charge is 0.490 e. The number of ether oxygens (including phenoxy) is 1. The second kappa shape index (κ2) is 5.40. The van der Waals surface area contributed by atoms with Crippen molar-refractivity contribution in [3.05, 3.63) is 41.7 Å². The summed E-state index contributed by atoms with van der Waals surface area (Å²) in [5.41, 5.74) is 2.07. The maximum Gasteiger partial charge on any atom is 0.119 e. The summed E-state index contributed by atoms with van der Waals surface area (Å²) in [6.07, 6.45) is 4.55. The van der Waals surface area contributed by atoms with Crippen LogP contribution in [0.3, 0.4) is 0 Å². The van der Waals surface area contributed by atoms with Crippen molar-refractivity contribution in [2.75, 3.05) is 6.54 Å². The van der Waals surface area contributed by atoms with E-state index in [9.17, 15) is 0 Å². The van der Waals surface area contributed by atoms with Crippen LogP contribution in [-0.4, -0.2) is 28.1 Å². The molecule has 0 amide bonds. The maximum atomic E-state index is 5.76. The van der Waals surface area contributed by atoms with E-state index in [-0.39, 0.29) is 6.04 Å². The molecule has 1 saturated carbocycles. The lowest BCUT2D eigenvalue weighted by Gasteiger charge is -2.16. The van der Waals surface area contributed by atoms with Crippen LogP contribution in [0, 0.1) is 0 Å². The van der Waals surface area contributed by atoms with Crippen LogP contribution in [0.1, 0.15) is 37.1 Å². The van der Waals surface area contributed by atoms with Crippen LogP contribution in [0.15, 0.2) is 30.5 Å². The molecule has 2 N–H and O–H groups in total. The Morgan fingerprint density at radius 1 is 1.37 bits per heavy atom. The van der Waals surface area contributed by atoms with E-state index in [1.807, 2.05) is 12.1 Å². The summed E-state index contributed by atoms with van der Waals surface area (Å²) in [5.74, 6) is 0.946. The fraction of sp³-hybridized carbons (Fsp3) is 0.429. The van der Waals surface area contributed by atoms with Gasteiger partial charge in [-0.3, -0.25) is 0 Å². The van der Waals surface area contributed by atoms with Crippen molar-refractivity contribution in [3.63, 3.8) is 0 Å². The summed E-state index contributed by atoms with van der Waals surface area (Å²) in [5, 5.41) is 14.1. The van der Waals surface area contributed by atoms with E-state index in [0.29, 0.717) is 6.10 Å². The predicted molar refractivity (Wildman–Crippen MR) is 72.0 cm³/mol. The van der Waals surface area contributed by atoms with Crippen molar-refractivity contribution in [1.29, 1.82) is 0 Å². The number of aromatic amines is 1. The van der Waals surface area contributed by atoms with Gasteiger partial charge < -0.3 is 10.1 Å². The highest BCUT2D eigenvalue weighted by Crippen LogP contribution is 2.28. The molecule has 5 heteroatoms. The molecule has 1 unspecified atom stereocenters. The van der Waals surface area contributed by atoms with Gasteiger partial charge in [-0.25, -0.2) is 0 Å². The van der Waals surface area contributed by atoms with Gasteiger partial charge in [0, 0.05) is 0 Å². The summed E-state index contributed by atoms with van der Waals surface area (Å²) in [6, 6.07) is 8.29. The molecule has 0 bridgehead atoms. The predicted octanol–water partition coefficient (Wildman–Crippen LogP) is 2.04. The number of nitrogens with one attached hydrogen (secondary N) is 2. The van der Waals surface area contributed by atoms with Gasteiger partial charge in [-0.15, -0.1) is 0 Å². The average molecular weight is 258 g/mol. The number of nitrogens with zero attached hydrogens (tertiary/aromatic N) is 2. The van der Waals surface area contributed by atoms with E-state index in [1.165, 1.54) is 18.4 Å². The average Bonchev–Trinajstić information content (AvgIpc) is 3.08. The molecule has 0 aliphatic heterocycles. The van der Waals surface area contributed by atoms with Crippen molar-refractivity contribution < 1.29 is 4.74 Å². The molecule has 1 heterocycles. The molecule has 1 aliphatic rings. The van der Waals surface area contributed by atoms with Gasteiger partial charge in [0.05, 0.1) is 18.3 Å². The highest BCUT2D eigenvalue weighted by Gasteiger charge is 2.23. The first-order valence-electron chi connectivity index (χ1n) is 6.72. The molecule has 100 valence electrons. The Morgan fingerprint density at radius 3 is 2.74 bits per heavy atom. The normalized spacial score (nSPS) is 16.3. The summed E-state index contributed by atoms with van der Waals surface area (Å²) in [4.78, 5) is 0. The van der Waals surface area contributed by atoms with E-state index in [4.69, 9.17) is 4.74 Å². The van der Waals surface area contributed by atoms with Crippen LogP contribution < -0.4 is 10.1 Å². The lowest BCUT2D eigenvalue weighted by atomic mass is 10.0. The lowest BCUT2D eigenvalue weighted by molar-refractivity contribution is 0.303. The molecular weight excluding hydrogens is 240 g/mol. The van der Waals surface area contributed by atoms with Crippen LogP contribution in [-0.2, 0) is 0 Å². The van der Waals surface area contributed by atoms with E-state index in [2.05, 4.69) is 39.8 Å². The third kappa shape index (κ3) is 2.93. The second-order valence-electron chi connectivity index (χ2n) is 4.77. The van der Waals surface area contributed by atoms with E-state index < -0.39 is 0 Å². The molecule has 1 aromatic heterocycles. The summed E-state index contributed by atoms with van der Waals surface area (Å²) < 4.78 is 5.76. The number of hydrogen-bond acceptors (Lipinski definition) is 4. The number of hydrogen-bond donors (Lipinski definition) is 2. The summed E-state index contributed by atoms with van der Waals surface area (Å²) >= 11 is 0. The van der Waals surface area contributed by atoms with Crippen LogP contribution in [0.25, 0.3) is 0 Å². The van der Waals surface area contributed by atoms with E-state index in [1.54, 1.807) is 6.20 Å². The number of rotatable bonds is 6. The molecule has 5 nitrogen and oxygen atoms in total. The van der Waals surface area contributed by atoms with Crippen molar-refractivity contribution in [3.8, 4) is 5.75 Å². The van der Waals surface area contributed by atoms with E-state index in [0.717, 1.165) is 18.0 Å². The molecule has 0 radical (unpaired) electrons. The molecule has 0 spiro atoms. The Hall–Kier alpha value is -1.88. The smallest absolute Gasteiger partial charge is 0.119 e. The maximum absolute atomic E-state index is 5.76. The number of benzene rings is 1. The first kappa shape index (κ1) is 12.2. The zero-order valence-electron chi connectivity index (χ0n) is 11.0. The molecule has 3 rings (SSSR count). The van der Waals surface area contributed by atoms with Gasteiger partial charge >= 0.3 is 0 Å². The third-order valence-electron chi connectivity index (χ3n) is 3.18. The molecule has 1 aromatic carbocycles. The Labute approximate surface area is 112 Å². The minimum Gasteiger partial charge on any atom is -0.490 e. The van der Waals surface area contributed by atoms with Gasteiger partial charge in [0.25, 0.3) is 0 Å². The molecule has 1 aliphatic carbocycles. The van der Waals surface area contributed by atoms with Crippen LogP contribution in [0.2, 0.25) is 0 Å². The van der Waals surface area contributed by atoms with E-state index >= 15 is 0 Å². The third-order valence-corrected chi connectivity index (χ3v) is 3.18. The Balaban J connectivity index is 1.77. The minimum absolute atomic E-state index is 0.0683. The molecule has 19 heavy (non-hydrogen) atoms. The van der Waals surface area contributed by atoms with Crippen molar-refractivity contribution in [2.24, 2.45) is 0 Å². The van der Waals surface area contributed by atoms with Crippen molar-refractivity contribution in [1.82, 2.24) is 20.7 Å². The van der Waals surface area contributed by atoms with Crippen LogP contribution >= 0.6 is 0 Å². The van der Waals surface area contributed by atoms with Crippen molar-refractivity contribution in [2.45, 2.75) is 31.9 Å². The van der Waals surface area contributed by atoms with Gasteiger partial charge in [-0.1, -0.05) is 19.1 Å². The van der Waals surface area contributed by atoms with Gasteiger partial charge in [0.2, 0.25) is 0 Å². The number of H-pyrrole nitrogens is 1. The van der Waals surface area contributed by atoms with Gasteiger partial charge in [0.1, 0.15) is 11.4 Å². The molecule has 1 atom stereocenters. The van der Waals surface area contributed by atoms with Gasteiger partial charge in [-0.05, 0) is 37.1 Å². The highest BCUT2D eigenvalue weighted by atomic mass is 16.5. The van der Waals surface area contributed by atoms with Crippen LogP contribution in [0.5, 0.6) is 5.75 Å². The first-order chi connectivity index (χ1) is 9.36. The lowest BCUT2D eigenvalue weighted by Crippen LogP contribution is -2.22. The summed E-state index contributed by atoms with van der Waals surface area (Å²) in [6.45, 7) is 2.95. The first-order valence-corrected chi connectivity index (χ1v) is 6.72. The number of aromatic nitrogens is 3. The van der Waals surface area contributed by atoms with Crippen molar-refractivity contribution >= 4 is 0 Å². The van der Waals surface area contributed by atoms with Gasteiger partial charge in [0.15, 0.2) is 0 Å². The highest BCUT2D eigenvalue weighted by molar-refractivity contribution is 5.32. The zero-order chi connectivity index (χ0) is 13.1. The SMILES string of the molecule is CCNC(c1ccc(OC2CC2)cc1)c1cn[nH]n1. The molecule has 2 aromatic rings. The topological polar surface area (TPSA) is 62.8 Å². The molecule has 1 fully saturated rings.